The monoisotopic (exact) mass is 264 g/mol. The molecule has 1 unspecified atom stereocenters. The topological polar surface area (TPSA) is 84.1 Å². The summed E-state index contributed by atoms with van der Waals surface area (Å²) in [4.78, 5) is 7.71. The van der Waals surface area contributed by atoms with E-state index in [1.807, 2.05) is 30.3 Å². The molecule has 1 heterocycles. The maximum absolute atomic E-state index is 9.95. The van der Waals surface area contributed by atoms with Gasteiger partial charge in [0.05, 0.1) is 6.10 Å². The van der Waals surface area contributed by atoms with Crippen LogP contribution in [0.4, 0.5) is 11.8 Å². The number of nitrogens with one attached hydrogen (secondary N) is 1. The Morgan fingerprint density at radius 1 is 1.28 bits per heavy atom. The van der Waals surface area contributed by atoms with Gasteiger partial charge in [0.2, 0.25) is 5.95 Å². The summed E-state index contributed by atoms with van der Waals surface area (Å²) in [5.74, 6) is 0.585. The van der Waals surface area contributed by atoms with Crippen LogP contribution in [0.5, 0.6) is 0 Å². The average molecular weight is 265 g/mol. The SMILES string of the molecule is Nc1nc(Cl)cc(NCC(O)c2ccccc2)n1. The minimum absolute atomic E-state index is 0.0965. The first-order valence-corrected chi connectivity index (χ1v) is 5.80. The van der Waals surface area contributed by atoms with Crippen LogP contribution in [0.25, 0.3) is 0 Å². The Balaban J connectivity index is 1.99. The standard InChI is InChI=1S/C12H13ClN4O/c13-10-6-11(17-12(14)16-10)15-7-9(18)8-4-2-1-3-5-8/h1-6,9,18H,7H2,(H3,14,15,16,17). The van der Waals surface area contributed by atoms with Crippen LogP contribution >= 0.6 is 11.6 Å². The lowest BCUT2D eigenvalue weighted by Gasteiger charge is -2.12. The van der Waals surface area contributed by atoms with E-state index in [0.29, 0.717) is 12.4 Å². The molecule has 0 aliphatic heterocycles. The number of nitrogens with zero attached hydrogens (tertiary/aromatic N) is 2. The Morgan fingerprint density at radius 2 is 2.00 bits per heavy atom. The van der Waals surface area contributed by atoms with E-state index < -0.39 is 6.10 Å². The molecule has 2 aromatic rings. The molecule has 0 saturated carbocycles. The maximum Gasteiger partial charge on any atom is 0.223 e. The van der Waals surface area contributed by atoms with Gasteiger partial charge >= 0.3 is 0 Å². The lowest BCUT2D eigenvalue weighted by atomic mass is 10.1. The molecule has 6 heteroatoms. The summed E-state index contributed by atoms with van der Waals surface area (Å²) in [5.41, 5.74) is 6.30. The van der Waals surface area contributed by atoms with Crippen molar-refractivity contribution in [3.05, 3.63) is 47.1 Å². The van der Waals surface area contributed by atoms with E-state index in [-0.39, 0.29) is 11.1 Å². The zero-order valence-corrected chi connectivity index (χ0v) is 10.3. The smallest absolute Gasteiger partial charge is 0.223 e. The van der Waals surface area contributed by atoms with Crippen LogP contribution in [0.3, 0.4) is 0 Å². The van der Waals surface area contributed by atoms with Crippen molar-refractivity contribution in [2.45, 2.75) is 6.10 Å². The number of hydrogen-bond donors (Lipinski definition) is 3. The van der Waals surface area contributed by atoms with Crippen LogP contribution < -0.4 is 11.1 Å². The van der Waals surface area contributed by atoms with Crippen molar-refractivity contribution in [2.75, 3.05) is 17.6 Å². The highest BCUT2D eigenvalue weighted by Crippen LogP contribution is 2.15. The van der Waals surface area contributed by atoms with Gasteiger partial charge in [-0.15, -0.1) is 0 Å². The molecule has 5 nitrogen and oxygen atoms in total. The fourth-order valence-electron chi connectivity index (χ4n) is 1.52. The number of hydrogen-bond acceptors (Lipinski definition) is 5. The number of anilines is 2. The quantitative estimate of drug-likeness (QED) is 0.734. The summed E-state index contributed by atoms with van der Waals surface area (Å²) >= 11 is 5.75. The average Bonchev–Trinajstić information content (AvgIpc) is 2.36. The Hall–Kier alpha value is -1.85. The summed E-state index contributed by atoms with van der Waals surface area (Å²) in [7, 11) is 0. The second kappa shape index (κ2) is 5.66. The Labute approximate surface area is 110 Å². The Kier molecular flexibility index (Phi) is 3.96. The lowest BCUT2D eigenvalue weighted by Crippen LogP contribution is -2.13. The van der Waals surface area contributed by atoms with Crippen molar-refractivity contribution in [2.24, 2.45) is 0 Å². The van der Waals surface area contributed by atoms with Crippen LogP contribution in [-0.4, -0.2) is 21.6 Å². The van der Waals surface area contributed by atoms with Crippen LogP contribution in [-0.2, 0) is 0 Å². The third-order valence-corrected chi connectivity index (χ3v) is 2.57. The molecular weight excluding hydrogens is 252 g/mol. The van der Waals surface area contributed by atoms with E-state index in [2.05, 4.69) is 15.3 Å². The molecule has 94 valence electrons. The van der Waals surface area contributed by atoms with E-state index in [9.17, 15) is 5.11 Å². The van der Waals surface area contributed by atoms with Crippen molar-refractivity contribution in [3.63, 3.8) is 0 Å². The van der Waals surface area contributed by atoms with E-state index >= 15 is 0 Å². The normalized spacial score (nSPS) is 12.1. The minimum atomic E-state index is -0.624. The third-order valence-electron chi connectivity index (χ3n) is 2.37. The summed E-state index contributed by atoms with van der Waals surface area (Å²) in [6.07, 6.45) is -0.624. The number of halogens is 1. The molecule has 0 aliphatic carbocycles. The van der Waals surface area contributed by atoms with Crippen molar-refractivity contribution in [3.8, 4) is 0 Å². The molecule has 18 heavy (non-hydrogen) atoms. The summed E-state index contributed by atoms with van der Waals surface area (Å²) in [6, 6.07) is 10.9. The number of nitrogen functional groups attached to an aromatic ring is 1. The molecule has 0 saturated heterocycles. The zero-order valence-electron chi connectivity index (χ0n) is 9.55. The van der Waals surface area contributed by atoms with E-state index in [4.69, 9.17) is 17.3 Å². The van der Waals surface area contributed by atoms with Crippen molar-refractivity contribution < 1.29 is 5.11 Å². The predicted molar refractivity (Wildman–Crippen MR) is 71.3 cm³/mol. The number of aliphatic hydroxyl groups is 1. The predicted octanol–water partition coefficient (Wildman–Crippen LogP) is 1.86. The Morgan fingerprint density at radius 3 is 2.67 bits per heavy atom. The van der Waals surface area contributed by atoms with Gasteiger partial charge in [0.1, 0.15) is 11.0 Å². The first-order chi connectivity index (χ1) is 8.65. The van der Waals surface area contributed by atoms with Crippen molar-refractivity contribution in [1.29, 1.82) is 0 Å². The molecule has 4 N–H and O–H groups in total. The van der Waals surface area contributed by atoms with Crippen molar-refractivity contribution in [1.82, 2.24) is 9.97 Å². The highest BCUT2D eigenvalue weighted by molar-refractivity contribution is 6.29. The molecule has 1 aromatic heterocycles. The molecule has 0 amide bonds. The second-order valence-corrected chi connectivity index (χ2v) is 4.13. The molecule has 2 rings (SSSR count). The van der Waals surface area contributed by atoms with Crippen molar-refractivity contribution >= 4 is 23.4 Å². The summed E-state index contributed by atoms with van der Waals surface area (Å²) in [5, 5.41) is 13.2. The highest BCUT2D eigenvalue weighted by Gasteiger charge is 2.07. The summed E-state index contributed by atoms with van der Waals surface area (Å²) in [6.45, 7) is 0.316. The molecule has 1 atom stereocenters. The minimum Gasteiger partial charge on any atom is -0.387 e. The first-order valence-electron chi connectivity index (χ1n) is 5.42. The van der Waals surface area contributed by atoms with Gasteiger partial charge in [0.25, 0.3) is 0 Å². The number of aromatic nitrogens is 2. The summed E-state index contributed by atoms with van der Waals surface area (Å²) < 4.78 is 0. The van der Waals surface area contributed by atoms with Crippen LogP contribution in [0, 0.1) is 0 Å². The highest BCUT2D eigenvalue weighted by atomic mass is 35.5. The van der Waals surface area contributed by atoms with Crippen LogP contribution in [0.2, 0.25) is 5.15 Å². The molecule has 1 aromatic carbocycles. The van der Waals surface area contributed by atoms with Gasteiger partial charge in [0, 0.05) is 12.6 Å². The number of aliphatic hydroxyl groups excluding tert-OH is 1. The van der Waals surface area contributed by atoms with Gasteiger partial charge in [-0.2, -0.15) is 4.98 Å². The molecule has 0 aliphatic rings. The van der Waals surface area contributed by atoms with Gasteiger partial charge in [-0.25, -0.2) is 4.98 Å². The number of nitrogens with two attached hydrogens (primary N) is 1. The van der Waals surface area contributed by atoms with Gasteiger partial charge in [-0.05, 0) is 5.56 Å². The second-order valence-electron chi connectivity index (χ2n) is 3.74. The molecular formula is C12H13ClN4O. The molecule has 0 radical (unpaired) electrons. The number of benzene rings is 1. The van der Waals surface area contributed by atoms with Gasteiger partial charge in [0.15, 0.2) is 0 Å². The largest absolute Gasteiger partial charge is 0.387 e. The van der Waals surface area contributed by atoms with Gasteiger partial charge < -0.3 is 16.2 Å². The lowest BCUT2D eigenvalue weighted by molar-refractivity contribution is 0.191. The van der Waals surface area contributed by atoms with E-state index in [1.165, 1.54) is 0 Å². The van der Waals surface area contributed by atoms with Gasteiger partial charge in [-0.3, -0.25) is 0 Å². The van der Waals surface area contributed by atoms with E-state index in [1.54, 1.807) is 6.07 Å². The van der Waals surface area contributed by atoms with Crippen LogP contribution in [0.1, 0.15) is 11.7 Å². The third kappa shape index (κ3) is 3.32. The fraction of sp³-hybridized carbons (Fsp3) is 0.167. The molecule has 0 spiro atoms. The first kappa shape index (κ1) is 12.6. The Bertz CT molecular complexity index is 500. The molecule has 0 bridgehead atoms. The van der Waals surface area contributed by atoms with E-state index in [0.717, 1.165) is 5.56 Å². The number of rotatable bonds is 4. The van der Waals surface area contributed by atoms with Gasteiger partial charge in [-0.1, -0.05) is 41.9 Å². The van der Waals surface area contributed by atoms with Crippen LogP contribution in [0.15, 0.2) is 36.4 Å². The fourth-order valence-corrected chi connectivity index (χ4v) is 1.71. The molecule has 0 fully saturated rings. The maximum atomic E-state index is 9.95. The zero-order chi connectivity index (χ0) is 13.0.